The van der Waals surface area contributed by atoms with Crippen LogP contribution in [0.1, 0.15) is 41.8 Å². The molecule has 2 aromatic rings. The summed E-state index contributed by atoms with van der Waals surface area (Å²) in [6, 6.07) is 12.5. The van der Waals surface area contributed by atoms with Crippen molar-refractivity contribution in [1.29, 1.82) is 0 Å². The molecular formula is C16H20N2. The Labute approximate surface area is 109 Å². The number of aromatic nitrogens is 1. The predicted octanol–water partition coefficient (Wildman–Crippen LogP) is 3.39. The molecule has 0 spiro atoms. The Bertz CT molecular complexity index is 520. The maximum atomic E-state index is 6.34. The van der Waals surface area contributed by atoms with Gasteiger partial charge in [0.25, 0.3) is 0 Å². The molecule has 2 nitrogen and oxygen atoms in total. The highest BCUT2D eigenvalue weighted by Gasteiger charge is 2.11. The Morgan fingerprint density at radius 3 is 2.78 bits per heavy atom. The van der Waals surface area contributed by atoms with Crippen molar-refractivity contribution >= 4 is 0 Å². The Kier molecular flexibility index (Phi) is 4.11. The molecule has 2 N–H and O–H groups in total. The van der Waals surface area contributed by atoms with Crippen molar-refractivity contribution in [2.24, 2.45) is 5.73 Å². The van der Waals surface area contributed by atoms with Crippen molar-refractivity contribution in [2.45, 2.75) is 32.7 Å². The molecule has 0 fully saturated rings. The van der Waals surface area contributed by atoms with Crippen LogP contribution in [0.2, 0.25) is 0 Å². The molecule has 0 saturated heterocycles. The molecule has 1 heterocycles. The minimum atomic E-state index is -0.0875. The second-order valence-electron chi connectivity index (χ2n) is 4.65. The van der Waals surface area contributed by atoms with E-state index in [1.165, 1.54) is 5.56 Å². The third-order valence-corrected chi connectivity index (χ3v) is 3.23. The smallest absolute Gasteiger partial charge is 0.0569 e. The van der Waals surface area contributed by atoms with E-state index in [0.717, 1.165) is 29.7 Å². The zero-order valence-corrected chi connectivity index (χ0v) is 11.1. The summed E-state index contributed by atoms with van der Waals surface area (Å²) in [6.07, 6.45) is 4.07. The lowest BCUT2D eigenvalue weighted by Gasteiger charge is -2.15. The van der Waals surface area contributed by atoms with E-state index in [-0.39, 0.29) is 6.04 Å². The van der Waals surface area contributed by atoms with Gasteiger partial charge in [-0.15, -0.1) is 0 Å². The number of hydrogen-bond acceptors (Lipinski definition) is 2. The summed E-state index contributed by atoms with van der Waals surface area (Å²) < 4.78 is 0. The van der Waals surface area contributed by atoms with E-state index in [9.17, 15) is 0 Å². The molecule has 0 aliphatic carbocycles. The fourth-order valence-electron chi connectivity index (χ4n) is 2.24. The lowest BCUT2D eigenvalue weighted by atomic mass is 9.96. The highest BCUT2D eigenvalue weighted by molar-refractivity contribution is 5.35. The summed E-state index contributed by atoms with van der Waals surface area (Å²) in [5, 5.41) is 0. The van der Waals surface area contributed by atoms with Gasteiger partial charge in [-0.3, -0.25) is 4.98 Å². The van der Waals surface area contributed by atoms with Crippen LogP contribution in [0.3, 0.4) is 0 Å². The fraction of sp³-hybridized carbons (Fsp3) is 0.312. The van der Waals surface area contributed by atoms with Gasteiger partial charge >= 0.3 is 0 Å². The molecule has 1 unspecified atom stereocenters. The maximum absolute atomic E-state index is 6.34. The maximum Gasteiger partial charge on any atom is 0.0569 e. The first-order valence-electron chi connectivity index (χ1n) is 6.48. The molecule has 2 heteroatoms. The molecule has 0 radical (unpaired) electrons. The van der Waals surface area contributed by atoms with Crippen LogP contribution in [0.4, 0.5) is 0 Å². The van der Waals surface area contributed by atoms with E-state index in [1.807, 2.05) is 13.0 Å². The Morgan fingerprint density at radius 2 is 2.06 bits per heavy atom. The Hall–Kier alpha value is -1.67. The lowest BCUT2D eigenvalue weighted by Crippen LogP contribution is -2.14. The third-order valence-electron chi connectivity index (χ3n) is 3.23. The van der Waals surface area contributed by atoms with Gasteiger partial charge in [0.05, 0.1) is 6.04 Å². The first-order chi connectivity index (χ1) is 8.72. The first-order valence-corrected chi connectivity index (χ1v) is 6.48. The van der Waals surface area contributed by atoms with Gasteiger partial charge in [0, 0.05) is 11.9 Å². The van der Waals surface area contributed by atoms with Gasteiger partial charge in [0.1, 0.15) is 0 Å². The Morgan fingerprint density at radius 1 is 1.22 bits per heavy atom. The van der Waals surface area contributed by atoms with Crippen LogP contribution in [-0.4, -0.2) is 4.98 Å². The average Bonchev–Trinajstić information content (AvgIpc) is 2.39. The summed E-state index contributed by atoms with van der Waals surface area (Å²) in [4.78, 5) is 4.30. The number of nitrogens with zero attached hydrogens (tertiary/aromatic N) is 1. The molecule has 0 bridgehead atoms. The molecule has 2 rings (SSSR count). The molecule has 1 aromatic carbocycles. The summed E-state index contributed by atoms with van der Waals surface area (Å²) in [7, 11) is 0. The van der Waals surface area contributed by atoms with Gasteiger partial charge in [-0.2, -0.15) is 0 Å². The largest absolute Gasteiger partial charge is 0.320 e. The standard InChI is InChI=1S/C16H20N2/c1-3-6-13-7-4-8-14(11-13)16(17)15-9-5-10-18-12(15)2/h4-5,7-11,16H,3,6,17H2,1-2H3. The molecule has 18 heavy (non-hydrogen) atoms. The number of hydrogen-bond donors (Lipinski definition) is 1. The van der Waals surface area contributed by atoms with Crippen LogP contribution >= 0.6 is 0 Å². The molecule has 1 atom stereocenters. The summed E-state index contributed by atoms with van der Waals surface area (Å²) in [5.41, 5.74) is 11.0. The highest BCUT2D eigenvalue weighted by Crippen LogP contribution is 2.22. The van der Waals surface area contributed by atoms with Crippen LogP contribution < -0.4 is 5.73 Å². The number of benzene rings is 1. The summed E-state index contributed by atoms with van der Waals surface area (Å²) in [5.74, 6) is 0. The molecule has 0 aliphatic rings. The van der Waals surface area contributed by atoms with Crippen LogP contribution in [0.25, 0.3) is 0 Å². The zero-order valence-electron chi connectivity index (χ0n) is 11.1. The fourth-order valence-corrected chi connectivity index (χ4v) is 2.24. The van der Waals surface area contributed by atoms with Gasteiger partial charge in [-0.1, -0.05) is 43.7 Å². The number of rotatable bonds is 4. The van der Waals surface area contributed by atoms with Crippen LogP contribution in [0.5, 0.6) is 0 Å². The van der Waals surface area contributed by atoms with Gasteiger partial charge < -0.3 is 5.73 Å². The zero-order chi connectivity index (χ0) is 13.0. The van der Waals surface area contributed by atoms with Crippen molar-refractivity contribution in [3.8, 4) is 0 Å². The normalized spacial score (nSPS) is 12.4. The number of pyridine rings is 1. The molecule has 0 saturated carbocycles. The molecular weight excluding hydrogens is 220 g/mol. The molecule has 94 valence electrons. The lowest BCUT2D eigenvalue weighted by molar-refractivity contribution is 0.839. The SMILES string of the molecule is CCCc1cccc(C(N)c2cccnc2C)c1. The van der Waals surface area contributed by atoms with Gasteiger partial charge in [-0.25, -0.2) is 0 Å². The Balaban J connectivity index is 2.31. The van der Waals surface area contributed by atoms with Crippen molar-refractivity contribution in [3.05, 3.63) is 65.0 Å². The van der Waals surface area contributed by atoms with Crippen molar-refractivity contribution in [2.75, 3.05) is 0 Å². The van der Waals surface area contributed by atoms with E-state index >= 15 is 0 Å². The number of nitrogens with two attached hydrogens (primary N) is 1. The van der Waals surface area contributed by atoms with E-state index in [0.29, 0.717) is 0 Å². The monoisotopic (exact) mass is 240 g/mol. The van der Waals surface area contributed by atoms with E-state index in [4.69, 9.17) is 5.73 Å². The predicted molar refractivity (Wildman–Crippen MR) is 75.4 cm³/mol. The number of aryl methyl sites for hydroxylation is 2. The second-order valence-corrected chi connectivity index (χ2v) is 4.65. The van der Waals surface area contributed by atoms with Crippen LogP contribution in [-0.2, 0) is 6.42 Å². The average molecular weight is 240 g/mol. The minimum Gasteiger partial charge on any atom is -0.320 e. The van der Waals surface area contributed by atoms with Crippen molar-refractivity contribution < 1.29 is 0 Å². The minimum absolute atomic E-state index is 0.0875. The summed E-state index contributed by atoms with van der Waals surface area (Å²) in [6.45, 7) is 4.20. The third kappa shape index (κ3) is 2.77. The molecule has 0 amide bonds. The van der Waals surface area contributed by atoms with E-state index < -0.39 is 0 Å². The topological polar surface area (TPSA) is 38.9 Å². The van der Waals surface area contributed by atoms with E-state index in [1.54, 1.807) is 6.20 Å². The molecule has 1 aromatic heterocycles. The highest BCUT2D eigenvalue weighted by atomic mass is 14.7. The quantitative estimate of drug-likeness (QED) is 0.889. The van der Waals surface area contributed by atoms with Gasteiger partial charge in [0.15, 0.2) is 0 Å². The van der Waals surface area contributed by atoms with Crippen molar-refractivity contribution in [1.82, 2.24) is 4.98 Å². The van der Waals surface area contributed by atoms with Gasteiger partial charge in [0.2, 0.25) is 0 Å². The van der Waals surface area contributed by atoms with Crippen molar-refractivity contribution in [3.63, 3.8) is 0 Å². The van der Waals surface area contributed by atoms with Gasteiger partial charge in [-0.05, 0) is 36.1 Å². The van der Waals surface area contributed by atoms with E-state index in [2.05, 4.69) is 42.2 Å². The first kappa shape index (κ1) is 12.8. The van der Waals surface area contributed by atoms with Crippen LogP contribution in [0, 0.1) is 6.92 Å². The summed E-state index contributed by atoms with van der Waals surface area (Å²) >= 11 is 0. The molecule has 0 aliphatic heterocycles. The second kappa shape index (κ2) is 5.78. The van der Waals surface area contributed by atoms with Crippen LogP contribution in [0.15, 0.2) is 42.6 Å².